The zero-order chi connectivity index (χ0) is 22.6. The summed E-state index contributed by atoms with van der Waals surface area (Å²) in [6.45, 7) is 5.49. The molecule has 0 amide bonds. The number of ether oxygens (including phenoxy) is 1. The van der Waals surface area contributed by atoms with E-state index >= 15 is 0 Å². The third-order valence-corrected chi connectivity index (χ3v) is 5.70. The normalized spacial score (nSPS) is 12.1. The lowest BCUT2D eigenvalue weighted by atomic mass is 10.0. The summed E-state index contributed by atoms with van der Waals surface area (Å²) in [5.41, 5.74) is 0.881. The van der Waals surface area contributed by atoms with E-state index in [0.717, 1.165) is 13.0 Å². The summed E-state index contributed by atoms with van der Waals surface area (Å²) < 4.78 is 5.76. The Morgan fingerprint density at radius 3 is 2.12 bits per heavy atom. The van der Waals surface area contributed by atoms with Crippen molar-refractivity contribution in [2.75, 3.05) is 13.2 Å². The number of aromatic carboxylic acids is 1. The highest BCUT2D eigenvalue weighted by Crippen LogP contribution is 2.18. The van der Waals surface area contributed by atoms with Gasteiger partial charge in [0.05, 0.1) is 17.9 Å². The molecule has 0 radical (unpaired) electrons. The van der Waals surface area contributed by atoms with E-state index < -0.39 is 5.97 Å². The van der Waals surface area contributed by atoms with Crippen LogP contribution >= 0.6 is 12.4 Å². The number of hydrogen-bond donors (Lipinski definition) is 1. The predicted octanol–water partition coefficient (Wildman–Crippen LogP) is 8.36. The van der Waals surface area contributed by atoms with Crippen molar-refractivity contribution >= 4 is 18.4 Å². The fourth-order valence-electron chi connectivity index (χ4n) is 3.78. The van der Waals surface area contributed by atoms with Crippen LogP contribution in [0.15, 0.2) is 30.5 Å². The van der Waals surface area contributed by atoms with Gasteiger partial charge in [0.15, 0.2) is 0 Å². The van der Waals surface area contributed by atoms with Crippen LogP contribution in [-0.2, 0) is 4.74 Å². The highest BCUT2D eigenvalue weighted by atomic mass is 35.5. The number of halogens is 1. The van der Waals surface area contributed by atoms with Gasteiger partial charge in [-0.1, -0.05) is 83.8 Å². The van der Waals surface area contributed by atoms with Gasteiger partial charge in [0, 0.05) is 18.7 Å². The average molecular weight is 468 g/mol. The van der Waals surface area contributed by atoms with Crippen LogP contribution in [-0.4, -0.2) is 29.3 Å². The molecule has 1 rings (SSSR count). The quantitative estimate of drug-likeness (QED) is 0.154. The molecule has 1 atom stereocenters. The van der Waals surface area contributed by atoms with Crippen LogP contribution in [0.25, 0.3) is 0 Å². The minimum atomic E-state index is -0.928. The number of rotatable bonds is 20. The minimum Gasteiger partial charge on any atom is -0.478 e. The van der Waals surface area contributed by atoms with Gasteiger partial charge in [-0.2, -0.15) is 0 Å². The summed E-state index contributed by atoms with van der Waals surface area (Å²) in [5, 5.41) is 9.26. The van der Waals surface area contributed by atoms with Crippen molar-refractivity contribution in [1.82, 2.24) is 4.98 Å². The van der Waals surface area contributed by atoms with Gasteiger partial charge in [0.1, 0.15) is 0 Å². The van der Waals surface area contributed by atoms with E-state index in [9.17, 15) is 9.90 Å². The molecule has 1 unspecified atom stereocenters. The molecule has 184 valence electrons. The molecule has 32 heavy (non-hydrogen) atoms. The maximum atomic E-state index is 11.3. The summed E-state index contributed by atoms with van der Waals surface area (Å²) >= 11 is 0. The van der Waals surface area contributed by atoms with Gasteiger partial charge in [-0.15, -0.1) is 12.4 Å². The standard InChI is InChI=1S/C27H45NO3.ClH/c1-3-4-5-6-7-8-9-10-11-12-13-14-15-16-17-18-22-31-23-24(2)26-25(27(29)30)20-19-21-28-26;/h10-11,19-21,24H,3-9,12-18,22-23H2,1-2H3,(H,29,30);1H/b11-10-;. The molecule has 1 N–H and O–H groups in total. The van der Waals surface area contributed by atoms with Gasteiger partial charge in [0.2, 0.25) is 0 Å². The number of allylic oxidation sites excluding steroid dienone is 2. The number of hydrogen-bond acceptors (Lipinski definition) is 3. The summed E-state index contributed by atoms with van der Waals surface area (Å²) in [4.78, 5) is 15.5. The van der Waals surface area contributed by atoms with Crippen LogP contribution in [0.3, 0.4) is 0 Å². The number of unbranched alkanes of at least 4 members (excludes halogenated alkanes) is 12. The van der Waals surface area contributed by atoms with Crippen LogP contribution in [0, 0.1) is 0 Å². The Morgan fingerprint density at radius 2 is 1.53 bits per heavy atom. The van der Waals surface area contributed by atoms with Crippen molar-refractivity contribution in [2.45, 2.75) is 110 Å². The Balaban J connectivity index is 0.00000961. The molecule has 0 fully saturated rings. The summed E-state index contributed by atoms with van der Waals surface area (Å²) in [6.07, 6.45) is 24.6. The Hall–Kier alpha value is -1.39. The smallest absolute Gasteiger partial charge is 0.337 e. The monoisotopic (exact) mass is 467 g/mol. The lowest BCUT2D eigenvalue weighted by Gasteiger charge is -2.13. The number of carbonyl (C=O) groups is 1. The zero-order valence-corrected chi connectivity index (χ0v) is 21.2. The van der Waals surface area contributed by atoms with E-state index in [1.165, 1.54) is 83.5 Å². The molecule has 0 aliphatic heterocycles. The molecule has 5 heteroatoms. The van der Waals surface area contributed by atoms with Gasteiger partial charge >= 0.3 is 5.97 Å². The fourth-order valence-corrected chi connectivity index (χ4v) is 3.78. The number of carboxylic acid groups (broad SMARTS) is 1. The van der Waals surface area contributed by atoms with Crippen LogP contribution in [0.4, 0.5) is 0 Å². The zero-order valence-electron chi connectivity index (χ0n) is 20.4. The van der Waals surface area contributed by atoms with Gasteiger partial charge in [-0.3, -0.25) is 4.98 Å². The largest absolute Gasteiger partial charge is 0.478 e. The van der Waals surface area contributed by atoms with Gasteiger partial charge in [-0.05, 0) is 44.2 Å². The SMILES string of the molecule is CCCCCCCC/C=C\CCCCCCCCOCC(C)c1ncccc1C(=O)O.Cl. The second kappa shape index (κ2) is 21.5. The molecule has 0 aliphatic rings. The van der Waals surface area contributed by atoms with E-state index in [1.807, 2.05) is 6.92 Å². The number of nitrogens with zero attached hydrogens (tertiary/aromatic N) is 1. The van der Waals surface area contributed by atoms with E-state index in [1.54, 1.807) is 18.3 Å². The molecular formula is C27H46ClNO3. The number of aromatic nitrogens is 1. The first-order valence-corrected chi connectivity index (χ1v) is 12.6. The minimum absolute atomic E-state index is 0. The lowest BCUT2D eigenvalue weighted by Crippen LogP contribution is -2.12. The van der Waals surface area contributed by atoms with Crippen LogP contribution in [0.1, 0.15) is 126 Å². The highest BCUT2D eigenvalue weighted by Gasteiger charge is 2.16. The fraction of sp³-hybridized carbons (Fsp3) is 0.704. The summed E-state index contributed by atoms with van der Waals surface area (Å²) in [6, 6.07) is 3.26. The lowest BCUT2D eigenvalue weighted by molar-refractivity contribution is 0.0692. The highest BCUT2D eigenvalue weighted by molar-refractivity contribution is 5.88. The maximum Gasteiger partial charge on any atom is 0.337 e. The Morgan fingerprint density at radius 1 is 0.969 bits per heavy atom. The molecule has 0 bridgehead atoms. The first kappa shape index (κ1) is 30.6. The van der Waals surface area contributed by atoms with Crippen molar-refractivity contribution in [2.24, 2.45) is 0 Å². The molecule has 4 nitrogen and oxygen atoms in total. The van der Waals surface area contributed by atoms with Crippen LogP contribution < -0.4 is 0 Å². The Bertz CT molecular complexity index is 606. The topological polar surface area (TPSA) is 59.4 Å². The molecule has 0 aliphatic carbocycles. The Kier molecular flexibility index (Phi) is 20.5. The number of pyridine rings is 1. The first-order chi connectivity index (χ1) is 15.2. The van der Waals surface area contributed by atoms with Crippen LogP contribution in [0.5, 0.6) is 0 Å². The molecule has 0 aromatic carbocycles. The van der Waals surface area contributed by atoms with E-state index in [2.05, 4.69) is 24.1 Å². The second-order valence-corrected chi connectivity index (χ2v) is 8.66. The average Bonchev–Trinajstić information content (AvgIpc) is 2.78. The van der Waals surface area contributed by atoms with Crippen LogP contribution in [0.2, 0.25) is 0 Å². The predicted molar refractivity (Wildman–Crippen MR) is 137 cm³/mol. The Labute approximate surface area is 202 Å². The summed E-state index contributed by atoms with van der Waals surface area (Å²) in [7, 11) is 0. The first-order valence-electron chi connectivity index (χ1n) is 12.6. The van der Waals surface area contributed by atoms with Crippen molar-refractivity contribution in [1.29, 1.82) is 0 Å². The number of carboxylic acids is 1. The van der Waals surface area contributed by atoms with Crippen molar-refractivity contribution in [3.63, 3.8) is 0 Å². The van der Waals surface area contributed by atoms with Crippen molar-refractivity contribution in [3.8, 4) is 0 Å². The molecular weight excluding hydrogens is 422 g/mol. The van der Waals surface area contributed by atoms with Crippen molar-refractivity contribution in [3.05, 3.63) is 41.7 Å². The van der Waals surface area contributed by atoms with E-state index in [4.69, 9.17) is 4.74 Å². The van der Waals surface area contributed by atoms with Gasteiger partial charge < -0.3 is 9.84 Å². The van der Waals surface area contributed by atoms with Gasteiger partial charge in [0.25, 0.3) is 0 Å². The van der Waals surface area contributed by atoms with E-state index in [0.29, 0.717) is 12.3 Å². The second-order valence-electron chi connectivity index (χ2n) is 8.66. The van der Waals surface area contributed by atoms with Gasteiger partial charge in [-0.25, -0.2) is 4.79 Å². The molecule has 0 spiro atoms. The third-order valence-electron chi connectivity index (χ3n) is 5.70. The summed E-state index contributed by atoms with van der Waals surface area (Å²) in [5.74, 6) is -0.940. The molecule has 1 heterocycles. The molecule has 0 saturated carbocycles. The molecule has 0 saturated heterocycles. The van der Waals surface area contributed by atoms with Crippen molar-refractivity contribution < 1.29 is 14.6 Å². The molecule has 1 aromatic heterocycles. The maximum absolute atomic E-state index is 11.3. The van der Waals surface area contributed by atoms with E-state index in [-0.39, 0.29) is 23.9 Å². The molecule has 1 aromatic rings. The third kappa shape index (κ3) is 15.4.